The Morgan fingerprint density at radius 3 is 2.88 bits per heavy atom. The van der Waals surface area contributed by atoms with Crippen LogP contribution >= 0.6 is 11.6 Å². The van der Waals surface area contributed by atoms with Gasteiger partial charge in [-0.3, -0.25) is 0 Å². The van der Waals surface area contributed by atoms with Gasteiger partial charge in [-0.2, -0.15) is 0 Å². The van der Waals surface area contributed by atoms with E-state index in [4.69, 9.17) is 11.6 Å². The normalized spacial score (nSPS) is 19.5. The summed E-state index contributed by atoms with van der Waals surface area (Å²) in [5.74, 6) is -1.02. The number of benzene rings is 1. The fourth-order valence-corrected chi connectivity index (χ4v) is 4.78. The van der Waals surface area contributed by atoms with E-state index in [1.165, 1.54) is 37.5 Å². The zero-order valence-corrected chi connectivity index (χ0v) is 15.7. The first-order chi connectivity index (χ1) is 11.4. The number of piperidine rings is 1. The number of hydrogen-bond acceptors (Lipinski definition) is 3. The van der Waals surface area contributed by atoms with Crippen LogP contribution in [0.2, 0.25) is 5.02 Å². The maximum atomic E-state index is 13.7. The van der Waals surface area contributed by atoms with Gasteiger partial charge in [0.2, 0.25) is 10.0 Å². The zero-order chi connectivity index (χ0) is 17.6. The van der Waals surface area contributed by atoms with Gasteiger partial charge in [-0.1, -0.05) is 31.0 Å². The van der Waals surface area contributed by atoms with Crippen molar-refractivity contribution in [1.29, 1.82) is 0 Å². The minimum absolute atomic E-state index is 0.0220. The first-order valence-electron chi connectivity index (χ1n) is 8.57. The standard InChI is InChI=1S/C17H26ClFN2O2S/c1-2-14-7-3-4-11-21(14)12-6-10-20-24(22,23)13-15-16(18)8-5-9-17(15)19/h5,8-9,14,20H,2-4,6-7,10-13H2,1H3/t14-/m1/s1. The molecule has 1 saturated heterocycles. The average Bonchev–Trinajstić information content (AvgIpc) is 2.55. The Morgan fingerprint density at radius 2 is 2.17 bits per heavy atom. The minimum Gasteiger partial charge on any atom is -0.300 e. The van der Waals surface area contributed by atoms with Crippen LogP contribution in [0.1, 0.15) is 44.6 Å². The van der Waals surface area contributed by atoms with Crippen LogP contribution in [0.25, 0.3) is 0 Å². The van der Waals surface area contributed by atoms with E-state index in [0.29, 0.717) is 12.6 Å². The Labute approximate surface area is 149 Å². The van der Waals surface area contributed by atoms with Gasteiger partial charge < -0.3 is 4.90 Å². The van der Waals surface area contributed by atoms with Crippen molar-refractivity contribution in [2.45, 2.75) is 50.8 Å². The van der Waals surface area contributed by atoms with Crippen LogP contribution in [0, 0.1) is 5.82 Å². The van der Waals surface area contributed by atoms with Gasteiger partial charge in [-0.15, -0.1) is 0 Å². The Morgan fingerprint density at radius 1 is 1.38 bits per heavy atom. The number of nitrogens with one attached hydrogen (secondary N) is 1. The third-order valence-corrected chi connectivity index (χ3v) is 6.23. The van der Waals surface area contributed by atoms with E-state index in [1.807, 2.05) is 0 Å². The van der Waals surface area contributed by atoms with Crippen molar-refractivity contribution in [2.75, 3.05) is 19.6 Å². The molecular weight excluding hydrogens is 351 g/mol. The lowest BCUT2D eigenvalue weighted by atomic mass is 10.00. The molecule has 1 aromatic carbocycles. The molecule has 0 saturated carbocycles. The average molecular weight is 377 g/mol. The maximum absolute atomic E-state index is 13.7. The molecule has 0 aromatic heterocycles. The second kappa shape index (κ2) is 9.13. The third-order valence-electron chi connectivity index (χ3n) is 4.56. The summed E-state index contributed by atoms with van der Waals surface area (Å²) in [7, 11) is -3.59. The van der Waals surface area contributed by atoms with Crippen molar-refractivity contribution in [3.05, 3.63) is 34.6 Å². The van der Waals surface area contributed by atoms with Gasteiger partial charge in [0.25, 0.3) is 0 Å². The number of likely N-dealkylation sites (tertiary alicyclic amines) is 1. The smallest absolute Gasteiger partial charge is 0.215 e. The van der Waals surface area contributed by atoms with Gasteiger partial charge in [0.05, 0.1) is 5.75 Å². The van der Waals surface area contributed by atoms with Crippen LogP contribution in [0.3, 0.4) is 0 Å². The van der Waals surface area contributed by atoms with Crippen LogP contribution in [-0.2, 0) is 15.8 Å². The van der Waals surface area contributed by atoms with Crippen LogP contribution in [0.5, 0.6) is 0 Å². The van der Waals surface area contributed by atoms with E-state index >= 15 is 0 Å². The number of hydrogen-bond donors (Lipinski definition) is 1. The van der Waals surface area contributed by atoms with Crippen molar-refractivity contribution in [3.63, 3.8) is 0 Å². The lowest BCUT2D eigenvalue weighted by Crippen LogP contribution is -2.40. The zero-order valence-electron chi connectivity index (χ0n) is 14.1. The largest absolute Gasteiger partial charge is 0.300 e. The molecule has 1 N–H and O–H groups in total. The molecule has 1 atom stereocenters. The van der Waals surface area contributed by atoms with Crippen molar-refractivity contribution < 1.29 is 12.8 Å². The summed E-state index contributed by atoms with van der Waals surface area (Å²) in [5, 5.41) is 0.138. The van der Waals surface area contributed by atoms with Gasteiger partial charge in [0.1, 0.15) is 5.82 Å². The van der Waals surface area contributed by atoms with Gasteiger partial charge in [-0.25, -0.2) is 17.5 Å². The Bertz CT molecular complexity index is 619. The third kappa shape index (κ3) is 5.69. The highest BCUT2D eigenvalue weighted by molar-refractivity contribution is 7.88. The molecule has 0 bridgehead atoms. The highest BCUT2D eigenvalue weighted by Gasteiger charge is 2.21. The van der Waals surface area contributed by atoms with Crippen molar-refractivity contribution in [3.8, 4) is 0 Å². The molecule has 1 aromatic rings. The quantitative estimate of drug-likeness (QED) is 0.706. The van der Waals surface area contributed by atoms with Crippen molar-refractivity contribution in [1.82, 2.24) is 9.62 Å². The van der Waals surface area contributed by atoms with E-state index in [2.05, 4.69) is 16.5 Å². The molecule has 4 nitrogen and oxygen atoms in total. The predicted octanol–water partition coefficient (Wildman–Crippen LogP) is 3.55. The van der Waals surface area contributed by atoms with Gasteiger partial charge in [0.15, 0.2) is 0 Å². The second-order valence-corrected chi connectivity index (χ2v) is 8.52. The molecule has 136 valence electrons. The highest BCUT2D eigenvalue weighted by Crippen LogP contribution is 2.21. The van der Waals surface area contributed by atoms with Crippen LogP contribution in [-0.4, -0.2) is 39.0 Å². The molecule has 24 heavy (non-hydrogen) atoms. The summed E-state index contributed by atoms with van der Waals surface area (Å²) in [4.78, 5) is 2.45. The lowest BCUT2D eigenvalue weighted by Gasteiger charge is -2.35. The van der Waals surface area contributed by atoms with E-state index in [9.17, 15) is 12.8 Å². The molecule has 0 spiro atoms. The Kier molecular flexibility index (Phi) is 7.47. The molecule has 0 aliphatic carbocycles. The fraction of sp³-hybridized carbons (Fsp3) is 0.647. The molecule has 0 radical (unpaired) electrons. The molecular formula is C17H26ClFN2O2S. The van der Waals surface area contributed by atoms with Crippen molar-refractivity contribution >= 4 is 21.6 Å². The topological polar surface area (TPSA) is 49.4 Å². The van der Waals surface area contributed by atoms with Crippen LogP contribution in [0.15, 0.2) is 18.2 Å². The summed E-state index contributed by atoms with van der Waals surface area (Å²) >= 11 is 5.89. The lowest BCUT2D eigenvalue weighted by molar-refractivity contribution is 0.143. The van der Waals surface area contributed by atoms with Crippen LogP contribution < -0.4 is 4.72 Å². The van der Waals surface area contributed by atoms with E-state index in [0.717, 1.165) is 25.9 Å². The number of rotatable bonds is 8. The summed E-state index contributed by atoms with van der Waals surface area (Å²) in [6.07, 6.45) is 5.62. The second-order valence-electron chi connectivity index (χ2n) is 6.30. The highest BCUT2D eigenvalue weighted by atomic mass is 35.5. The van der Waals surface area contributed by atoms with Gasteiger partial charge >= 0.3 is 0 Å². The number of sulfonamides is 1. The molecule has 7 heteroatoms. The molecule has 1 heterocycles. The summed E-state index contributed by atoms with van der Waals surface area (Å²) in [6, 6.07) is 4.80. The van der Waals surface area contributed by atoms with E-state index < -0.39 is 21.6 Å². The summed E-state index contributed by atoms with van der Waals surface area (Å²) in [6.45, 7) is 4.54. The first-order valence-corrected chi connectivity index (χ1v) is 10.6. The Balaban J connectivity index is 1.80. The summed E-state index contributed by atoms with van der Waals surface area (Å²) in [5.41, 5.74) is 0.0220. The fourth-order valence-electron chi connectivity index (χ4n) is 3.24. The first kappa shape index (κ1) is 19.6. The van der Waals surface area contributed by atoms with Gasteiger partial charge in [-0.05, 0) is 50.9 Å². The van der Waals surface area contributed by atoms with Crippen molar-refractivity contribution in [2.24, 2.45) is 0 Å². The molecule has 1 aliphatic heterocycles. The monoisotopic (exact) mass is 376 g/mol. The molecule has 2 rings (SSSR count). The van der Waals surface area contributed by atoms with Gasteiger partial charge in [0, 0.05) is 23.2 Å². The van der Waals surface area contributed by atoms with E-state index in [-0.39, 0.29) is 10.6 Å². The Hall–Kier alpha value is -0.690. The summed E-state index contributed by atoms with van der Waals surface area (Å²) < 4.78 is 40.5. The molecule has 0 amide bonds. The molecule has 1 aliphatic rings. The van der Waals surface area contributed by atoms with Crippen LogP contribution in [0.4, 0.5) is 4.39 Å². The van der Waals surface area contributed by atoms with E-state index in [1.54, 1.807) is 0 Å². The maximum Gasteiger partial charge on any atom is 0.215 e. The predicted molar refractivity (Wildman–Crippen MR) is 96.2 cm³/mol. The molecule has 1 fully saturated rings. The molecule has 0 unspecified atom stereocenters. The number of halogens is 2. The minimum atomic E-state index is -3.59. The number of nitrogens with zero attached hydrogens (tertiary/aromatic N) is 1. The SMILES string of the molecule is CC[C@@H]1CCCCN1CCCNS(=O)(=O)Cc1c(F)cccc1Cl.